The molecule has 0 aliphatic rings. The topological polar surface area (TPSA) is 12.9 Å². The minimum Gasteiger partial charge on any atom is -0.236 e. The number of halogens is 2. The highest BCUT2D eigenvalue weighted by molar-refractivity contribution is 6.37. The van der Waals surface area contributed by atoms with Gasteiger partial charge in [0.25, 0.3) is 0 Å². The van der Waals surface area contributed by atoms with Crippen LogP contribution in [-0.2, 0) is 5.41 Å². The van der Waals surface area contributed by atoms with E-state index in [0.717, 1.165) is 16.5 Å². The van der Waals surface area contributed by atoms with Crippen molar-refractivity contribution in [1.29, 1.82) is 0 Å². The second-order valence-corrected chi connectivity index (χ2v) is 5.67. The number of para-hydroxylation sites is 1. The summed E-state index contributed by atoms with van der Waals surface area (Å²) in [5.41, 5.74) is 2.09. The maximum absolute atomic E-state index is 6.16. The summed E-state index contributed by atoms with van der Waals surface area (Å²) in [6.07, 6.45) is 0. The van der Waals surface area contributed by atoms with E-state index in [1.165, 1.54) is 0 Å². The summed E-state index contributed by atoms with van der Waals surface area (Å²) >= 11 is 12.1. The van der Waals surface area contributed by atoms with Crippen molar-refractivity contribution in [1.82, 2.24) is 4.98 Å². The lowest BCUT2D eigenvalue weighted by molar-refractivity contribution is 0.594. The summed E-state index contributed by atoms with van der Waals surface area (Å²) in [4.78, 5) is 4.38. The van der Waals surface area contributed by atoms with Crippen molar-refractivity contribution < 1.29 is 0 Å². The molecule has 0 saturated heterocycles. The summed E-state index contributed by atoms with van der Waals surface area (Å²) in [7, 11) is 0. The van der Waals surface area contributed by atoms with Crippen molar-refractivity contribution in [2.45, 2.75) is 26.2 Å². The standard InChI is InChI=1S/C13H13Cl2N/c1-13(2,3)9-6-4-5-8-10(14)7-11(15)16-12(8)9/h4-7H,1-3H3. The molecule has 0 saturated carbocycles. The van der Waals surface area contributed by atoms with Gasteiger partial charge >= 0.3 is 0 Å². The summed E-state index contributed by atoms with van der Waals surface area (Å²) in [5, 5.41) is 2.05. The van der Waals surface area contributed by atoms with Crippen LogP contribution in [0.25, 0.3) is 10.9 Å². The fraction of sp³-hybridized carbons (Fsp3) is 0.308. The molecule has 2 aromatic rings. The molecule has 1 heterocycles. The van der Waals surface area contributed by atoms with E-state index in [1.54, 1.807) is 6.07 Å². The summed E-state index contributed by atoms with van der Waals surface area (Å²) in [6, 6.07) is 7.72. The van der Waals surface area contributed by atoms with Crippen molar-refractivity contribution in [2.75, 3.05) is 0 Å². The van der Waals surface area contributed by atoms with Crippen molar-refractivity contribution in [3.8, 4) is 0 Å². The summed E-state index contributed by atoms with van der Waals surface area (Å²) < 4.78 is 0. The van der Waals surface area contributed by atoms with Gasteiger partial charge in [0.2, 0.25) is 0 Å². The number of nitrogens with zero attached hydrogens (tertiary/aromatic N) is 1. The molecule has 2 rings (SSSR count). The third kappa shape index (κ3) is 2.02. The molecule has 0 N–H and O–H groups in total. The number of rotatable bonds is 0. The van der Waals surface area contributed by atoms with Crippen molar-refractivity contribution in [3.63, 3.8) is 0 Å². The molecule has 0 unspecified atom stereocenters. The Kier molecular flexibility index (Phi) is 2.85. The molecular weight excluding hydrogens is 241 g/mol. The van der Waals surface area contributed by atoms with E-state index in [4.69, 9.17) is 23.2 Å². The van der Waals surface area contributed by atoms with E-state index < -0.39 is 0 Å². The third-order valence-electron chi connectivity index (χ3n) is 2.57. The zero-order chi connectivity index (χ0) is 11.9. The molecule has 0 amide bonds. The fourth-order valence-electron chi connectivity index (χ4n) is 1.78. The second kappa shape index (κ2) is 3.90. The van der Waals surface area contributed by atoms with Crippen LogP contribution in [0.1, 0.15) is 26.3 Å². The Hall–Kier alpha value is -0.790. The molecule has 0 radical (unpaired) electrons. The molecule has 0 aliphatic heterocycles. The highest BCUT2D eigenvalue weighted by Gasteiger charge is 2.18. The molecule has 0 spiro atoms. The first-order chi connectivity index (χ1) is 7.39. The molecule has 0 fully saturated rings. The van der Waals surface area contributed by atoms with Crippen LogP contribution in [-0.4, -0.2) is 4.98 Å². The molecule has 0 aliphatic carbocycles. The maximum Gasteiger partial charge on any atom is 0.131 e. The first-order valence-electron chi connectivity index (χ1n) is 5.15. The van der Waals surface area contributed by atoms with Gasteiger partial charge in [-0.05, 0) is 17.0 Å². The zero-order valence-corrected chi connectivity index (χ0v) is 11.0. The van der Waals surface area contributed by atoms with Gasteiger partial charge in [-0.25, -0.2) is 4.98 Å². The SMILES string of the molecule is CC(C)(C)c1cccc2c(Cl)cc(Cl)nc12. The second-order valence-electron chi connectivity index (χ2n) is 4.88. The average Bonchev–Trinajstić information content (AvgIpc) is 2.15. The molecule has 84 valence electrons. The van der Waals surface area contributed by atoms with Gasteiger partial charge in [0.1, 0.15) is 5.15 Å². The molecule has 0 atom stereocenters. The van der Waals surface area contributed by atoms with Crippen molar-refractivity contribution in [2.24, 2.45) is 0 Å². The Balaban J connectivity index is 2.87. The lowest BCUT2D eigenvalue weighted by atomic mass is 9.85. The maximum atomic E-state index is 6.16. The minimum absolute atomic E-state index is 0.0283. The normalized spacial score (nSPS) is 12.1. The molecule has 3 heteroatoms. The van der Waals surface area contributed by atoms with Crippen LogP contribution >= 0.6 is 23.2 Å². The summed E-state index contributed by atoms with van der Waals surface area (Å²) in [5.74, 6) is 0. The smallest absolute Gasteiger partial charge is 0.131 e. The van der Waals surface area contributed by atoms with Gasteiger partial charge in [-0.3, -0.25) is 0 Å². The molecule has 1 nitrogen and oxygen atoms in total. The number of pyridine rings is 1. The average molecular weight is 254 g/mol. The van der Waals surface area contributed by atoms with Crippen LogP contribution in [0.5, 0.6) is 0 Å². The molecule has 1 aromatic carbocycles. The Morgan fingerprint density at radius 3 is 2.44 bits per heavy atom. The molecular formula is C13H13Cl2N. The molecule has 1 aromatic heterocycles. The Bertz CT molecular complexity index is 541. The van der Waals surface area contributed by atoms with E-state index in [2.05, 4.69) is 31.8 Å². The first-order valence-corrected chi connectivity index (χ1v) is 5.90. The highest BCUT2D eigenvalue weighted by atomic mass is 35.5. The van der Waals surface area contributed by atoms with Crippen molar-refractivity contribution >= 4 is 34.1 Å². The van der Waals surface area contributed by atoms with Crippen LogP contribution in [0.15, 0.2) is 24.3 Å². The van der Waals surface area contributed by atoms with Crippen LogP contribution in [0.3, 0.4) is 0 Å². The van der Waals surface area contributed by atoms with E-state index in [-0.39, 0.29) is 5.41 Å². The Morgan fingerprint density at radius 1 is 1.12 bits per heavy atom. The quantitative estimate of drug-likeness (QED) is 0.613. The van der Waals surface area contributed by atoms with E-state index >= 15 is 0 Å². The van der Waals surface area contributed by atoms with Crippen LogP contribution in [0.4, 0.5) is 0 Å². The lowest BCUT2D eigenvalue weighted by Gasteiger charge is -2.20. The fourth-order valence-corrected chi connectivity index (χ4v) is 2.29. The van der Waals surface area contributed by atoms with Crippen LogP contribution < -0.4 is 0 Å². The van der Waals surface area contributed by atoms with Crippen LogP contribution in [0.2, 0.25) is 10.2 Å². The number of benzene rings is 1. The number of hydrogen-bond donors (Lipinski definition) is 0. The monoisotopic (exact) mass is 253 g/mol. The Labute approximate surface area is 105 Å². The van der Waals surface area contributed by atoms with Gasteiger partial charge in [0.15, 0.2) is 0 Å². The van der Waals surface area contributed by atoms with Gasteiger partial charge in [-0.2, -0.15) is 0 Å². The van der Waals surface area contributed by atoms with E-state index in [9.17, 15) is 0 Å². The first kappa shape index (κ1) is 11.7. The minimum atomic E-state index is 0.0283. The third-order valence-corrected chi connectivity index (χ3v) is 3.07. The van der Waals surface area contributed by atoms with E-state index in [1.807, 2.05) is 12.1 Å². The highest BCUT2D eigenvalue weighted by Crippen LogP contribution is 2.33. The molecule has 16 heavy (non-hydrogen) atoms. The van der Waals surface area contributed by atoms with Crippen molar-refractivity contribution in [3.05, 3.63) is 40.0 Å². The predicted octanol–water partition coefficient (Wildman–Crippen LogP) is 4.84. The summed E-state index contributed by atoms with van der Waals surface area (Å²) in [6.45, 7) is 6.45. The Morgan fingerprint density at radius 2 is 1.81 bits per heavy atom. The predicted molar refractivity (Wildman–Crippen MR) is 70.5 cm³/mol. The van der Waals surface area contributed by atoms with Gasteiger partial charge in [0.05, 0.1) is 10.5 Å². The van der Waals surface area contributed by atoms with Gasteiger partial charge in [-0.15, -0.1) is 0 Å². The number of fused-ring (bicyclic) bond motifs is 1. The number of aromatic nitrogens is 1. The number of hydrogen-bond acceptors (Lipinski definition) is 1. The van der Waals surface area contributed by atoms with Gasteiger partial charge in [0, 0.05) is 5.39 Å². The molecule has 0 bridgehead atoms. The largest absolute Gasteiger partial charge is 0.236 e. The zero-order valence-electron chi connectivity index (χ0n) is 9.51. The van der Waals surface area contributed by atoms with Gasteiger partial charge < -0.3 is 0 Å². The lowest BCUT2D eigenvalue weighted by Crippen LogP contribution is -2.12. The van der Waals surface area contributed by atoms with Crippen LogP contribution in [0, 0.1) is 0 Å². The van der Waals surface area contributed by atoms with E-state index in [0.29, 0.717) is 10.2 Å². The van der Waals surface area contributed by atoms with Gasteiger partial charge in [-0.1, -0.05) is 62.2 Å².